The molecule has 2 aromatic heterocycles. The molecule has 200 valence electrons. The lowest BCUT2D eigenvalue weighted by atomic mass is 9.96. The van der Waals surface area contributed by atoms with E-state index in [1.54, 1.807) is 19.1 Å². The maximum absolute atomic E-state index is 15.7. The normalized spacial score (nSPS) is 12.9. The van der Waals surface area contributed by atoms with Gasteiger partial charge in [-0.15, -0.1) is 0 Å². The molecule has 37 heavy (non-hydrogen) atoms. The molecule has 11 nitrogen and oxygen atoms in total. The van der Waals surface area contributed by atoms with Crippen LogP contribution in [-0.2, 0) is 15.4 Å². The SMILES string of the molecule is CC(CNc1nccc(-c2[nH]c(C(C)(C)C)nc2-c2cccc(NS(=O)(=O)C(C)C)c2F)n1)NC(=O)O. The highest BCUT2D eigenvalue weighted by atomic mass is 32.2. The number of nitrogens with zero attached hydrogens (tertiary/aromatic N) is 3. The van der Waals surface area contributed by atoms with E-state index in [2.05, 4.69) is 35.3 Å². The Bertz CT molecular complexity index is 1380. The number of aromatic nitrogens is 4. The van der Waals surface area contributed by atoms with Crippen molar-refractivity contribution in [3.05, 3.63) is 42.1 Å². The number of sulfonamides is 1. The van der Waals surface area contributed by atoms with Crippen molar-refractivity contribution in [2.75, 3.05) is 16.6 Å². The zero-order valence-corrected chi connectivity index (χ0v) is 22.4. The van der Waals surface area contributed by atoms with Crippen molar-refractivity contribution < 1.29 is 22.7 Å². The Morgan fingerprint density at radius 2 is 1.86 bits per heavy atom. The number of anilines is 2. The van der Waals surface area contributed by atoms with Gasteiger partial charge in [0.1, 0.15) is 11.5 Å². The maximum atomic E-state index is 15.7. The number of halogens is 1. The van der Waals surface area contributed by atoms with Crippen LogP contribution in [0.5, 0.6) is 0 Å². The number of nitrogens with one attached hydrogen (secondary N) is 4. The number of amides is 1. The average Bonchev–Trinajstić information content (AvgIpc) is 3.24. The predicted molar refractivity (Wildman–Crippen MR) is 140 cm³/mol. The second-order valence-corrected chi connectivity index (χ2v) is 12.2. The Balaban J connectivity index is 2.06. The fourth-order valence-electron chi connectivity index (χ4n) is 3.26. The zero-order chi connectivity index (χ0) is 27.5. The summed E-state index contributed by atoms with van der Waals surface area (Å²) >= 11 is 0. The number of carboxylic acid groups (broad SMARTS) is 1. The van der Waals surface area contributed by atoms with Crippen LogP contribution in [0.25, 0.3) is 22.6 Å². The van der Waals surface area contributed by atoms with Crippen LogP contribution in [0, 0.1) is 5.82 Å². The summed E-state index contributed by atoms with van der Waals surface area (Å²) in [5.41, 5.74) is 0.614. The highest BCUT2D eigenvalue weighted by Crippen LogP contribution is 2.36. The number of hydrogen-bond acceptors (Lipinski definition) is 7. The summed E-state index contributed by atoms with van der Waals surface area (Å²) in [5, 5.41) is 13.4. The van der Waals surface area contributed by atoms with Crippen molar-refractivity contribution in [1.29, 1.82) is 0 Å². The van der Waals surface area contributed by atoms with E-state index in [4.69, 9.17) is 5.11 Å². The lowest BCUT2D eigenvalue weighted by molar-refractivity contribution is 0.191. The maximum Gasteiger partial charge on any atom is 0.404 e. The topological polar surface area (TPSA) is 162 Å². The first-order valence-electron chi connectivity index (χ1n) is 11.7. The highest BCUT2D eigenvalue weighted by Gasteiger charge is 2.26. The Hall–Kier alpha value is -3.74. The first-order valence-corrected chi connectivity index (χ1v) is 13.2. The van der Waals surface area contributed by atoms with Crippen LogP contribution in [0.2, 0.25) is 0 Å². The number of benzene rings is 1. The molecular formula is C24H32FN7O4S. The van der Waals surface area contributed by atoms with E-state index in [-0.39, 0.29) is 29.4 Å². The monoisotopic (exact) mass is 533 g/mol. The molecule has 0 aliphatic carbocycles. The molecule has 0 saturated carbocycles. The standard InChI is InChI=1S/C24H32FN7O4S/c1-13(2)37(35,36)32-16-9-7-8-15(18(16)25)19-20(31-21(30-19)24(4,5)6)17-10-11-26-22(29-17)27-12-14(3)28-23(33)34/h7-11,13-14,28,32H,12H2,1-6H3,(H,30,31)(H,33,34)(H,26,27,29). The van der Waals surface area contributed by atoms with Gasteiger partial charge in [0.05, 0.1) is 22.3 Å². The van der Waals surface area contributed by atoms with Crippen molar-refractivity contribution in [2.45, 2.75) is 58.2 Å². The van der Waals surface area contributed by atoms with E-state index >= 15 is 4.39 Å². The first-order chi connectivity index (χ1) is 17.2. The lowest BCUT2D eigenvalue weighted by Gasteiger charge is -2.14. The highest BCUT2D eigenvalue weighted by molar-refractivity contribution is 7.93. The smallest absolute Gasteiger partial charge is 0.404 e. The molecule has 0 aliphatic heterocycles. The van der Waals surface area contributed by atoms with Crippen molar-refractivity contribution in [3.8, 4) is 22.6 Å². The molecule has 13 heteroatoms. The van der Waals surface area contributed by atoms with Gasteiger partial charge in [-0.3, -0.25) is 4.72 Å². The third kappa shape index (κ3) is 6.73. The summed E-state index contributed by atoms with van der Waals surface area (Å²) in [6.07, 6.45) is 0.381. The number of H-pyrrole nitrogens is 1. The summed E-state index contributed by atoms with van der Waals surface area (Å²) in [4.78, 5) is 27.4. The van der Waals surface area contributed by atoms with Gasteiger partial charge in [-0.05, 0) is 39.0 Å². The van der Waals surface area contributed by atoms with E-state index in [0.717, 1.165) is 0 Å². The number of hydrogen-bond donors (Lipinski definition) is 5. The molecule has 0 radical (unpaired) electrons. The minimum atomic E-state index is -3.77. The summed E-state index contributed by atoms with van der Waals surface area (Å²) in [6, 6.07) is 5.67. The second-order valence-electron chi connectivity index (χ2n) is 9.92. The van der Waals surface area contributed by atoms with E-state index in [1.807, 2.05) is 20.8 Å². The molecule has 3 aromatic rings. The molecule has 0 aliphatic rings. The molecule has 0 fully saturated rings. The van der Waals surface area contributed by atoms with Gasteiger partial charge in [0, 0.05) is 29.8 Å². The third-order valence-electron chi connectivity index (χ3n) is 5.39. The Labute approximate surface area is 215 Å². The average molecular weight is 534 g/mol. The zero-order valence-electron chi connectivity index (χ0n) is 21.5. The number of imidazole rings is 1. The van der Waals surface area contributed by atoms with Crippen LogP contribution in [0.1, 0.15) is 47.4 Å². The van der Waals surface area contributed by atoms with Crippen molar-refractivity contribution >= 4 is 27.8 Å². The summed E-state index contributed by atoms with van der Waals surface area (Å²) in [7, 11) is -3.77. The molecule has 0 bridgehead atoms. The Morgan fingerprint density at radius 1 is 1.16 bits per heavy atom. The lowest BCUT2D eigenvalue weighted by Crippen LogP contribution is -2.36. The van der Waals surface area contributed by atoms with Crippen LogP contribution in [-0.4, -0.2) is 57.4 Å². The van der Waals surface area contributed by atoms with Crippen molar-refractivity contribution in [2.24, 2.45) is 0 Å². The fourth-order valence-corrected chi connectivity index (χ4v) is 3.96. The molecule has 1 aromatic carbocycles. The van der Waals surface area contributed by atoms with Crippen LogP contribution in [0.3, 0.4) is 0 Å². The van der Waals surface area contributed by atoms with E-state index in [1.165, 1.54) is 32.2 Å². The minimum absolute atomic E-state index is 0.0955. The van der Waals surface area contributed by atoms with E-state index in [0.29, 0.717) is 17.2 Å². The molecule has 0 spiro atoms. The minimum Gasteiger partial charge on any atom is -0.465 e. The number of carbonyl (C=O) groups is 1. The van der Waals surface area contributed by atoms with Gasteiger partial charge in [0.2, 0.25) is 16.0 Å². The van der Waals surface area contributed by atoms with E-state index < -0.39 is 38.6 Å². The van der Waals surface area contributed by atoms with Crippen LogP contribution in [0.4, 0.5) is 20.8 Å². The molecule has 3 rings (SSSR count). The molecule has 1 unspecified atom stereocenters. The molecule has 1 amide bonds. The second kappa shape index (κ2) is 10.7. The van der Waals surface area contributed by atoms with Gasteiger partial charge in [0.15, 0.2) is 5.82 Å². The predicted octanol–water partition coefficient (Wildman–Crippen LogP) is 4.19. The summed E-state index contributed by atoms with van der Waals surface area (Å²) in [5.74, 6) is 0.0617. The van der Waals surface area contributed by atoms with Gasteiger partial charge in [-0.1, -0.05) is 26.8 Å². The molecular weight excluding hydrogens is 501 g/mol. The fraction of sp³-hybridized carbons (Fsp3) is 0.417. The van der Waals surface area contributed by atoms with Crippen LogP contribution in [0.15, 0.2) is 30.5 Å². The van der Waals surface area contributed by atoms with Gasteiger partial charge >= 0.3 is 6.09 Å². The number of rotatable bonds is 9. The largest absolute Gasteiger partial charge is 0.465 e. The van der Waals surface area contributed by atoms with Crippen LogP contribution >= 0.6 is 0 Å². The molecule has 2 heterocycles. The van der Waals surface area contributed by atoms with Gasteiger partial charge in [0.25, 0.3) is 0 Å². The Kier molecular flexibility index (Phi) is 8.06. The van der Waals surface area contributed by atoms with Gasteiger partial charge in [-0.2, -0.15) is 0 Å². The van der Waals surface area contributed by atoms with Crippen LogP contribution < -0.4 is 15.4 Å². The Morgan fingerprint density at radius 3 is 2.49 bits per heavy atom. The van der Waals surface area contributed by atoms with Gasteiger partial charge < -0.3 is 20.7 Å². The summed E-state index contributed by atoms with van der Waals surface area (Å²) < 4.78 is 42.7. The summed E-state index contributed by atoms with van der Waals surface area (Å²) in [6.45, 7) is 10.8. The third-order valence-corrected chi connectivity index (χ3v) is 7.13. The van der Waals surface area contributed by atoms with Gasteiger partial charge in [-0.25, -0.2) is 32.6 Å². The van der Waals surface area contributed by atoms with E-state index in [9.17, 15) is 13.2 Å². The molecule has 5 N–H and O–H groups in total. The van der Waals surface area contributed by atoms with Crippen molar-refractivity contribution in [3.63, 3.8) is 0 Å². The molecule has 0 saturated heterocycles. The first kappa shape index (κ1) is 27.8. The number of aromatic amines is 1. The quantitative estimate of drug-likeness (QED) is 0.273. The molecule has 1 atom stereocenters. The van der Waals surface area contributed by atoms with Crippen molar-refractivity contribution in [1.82, 2.24) is 25.3 Å².